The quantitative estimate of drug-likeness (QED) is 0.507. The van der Waals surface area contributed by atoms with E-state index >= 15 is 0 Å². The molecule has 0 atom stereocenters. The molecule has 0 saturated heterocycles. The highest BCUT2D eigenvalue weighted by Gasteiger charge is 2.30. The van der Waals surface area contributed by atoms with Crippen LogP contribution in [0.15, 0.2) is 33.8 Å². The van der Waals surface area contributed by atoms with Gasteiger partial charge in [-0.05, 0) is 57.1 Å². The van der Waals surface area contributed by atoms with Crippen molar-refractivity contribution >= 4 is 27.5 Å². The summed E-state index contributed by atoms with van der Waals surface area (Å²) in [4.78, 5) is 12.0. The molecule has 1 amide bonds. The van der Waals surface area contributed by atoms with E-state index < -0.39 is 9.84 Å². The van der Waals surface area contributed by atoms with E-state index in [9.17, 15) is 13.2 Å². The second-order valence-corrected chi connectivity index (χ2v) is 10.7. The number of amides is 1. The van der Waals surface area contributed by atoms with E-state index in [1.165, 1.54) is 36.2 Å². The number of nitrogens with zero attached hydrogens (tertiary/aromatic N) is 2. The third kappa shape index (κ3) is 6.04. The van der Waals surface area contributed by atoms with Crippen LogP contribution in [-0.4, -0.2) is 42.1 Å². The van der Waals surface area contributed by atoms with Crippen molar-refractivity contribution in [2.75, 3.05) is 12.3 Å². The van der Waals surface area contributed by atoms with Gasteiger partial charge in [-0.3, -0.25) is 4.79 Å². The minimum atomic E-state index is -3.40. The van der Waals surface area contributed by atoms with Crippen LogP contribution in [0.5, 0.6) is 0 Å². The summed E-state index contributed by atoms with van der Waals surface area (Å²) in [5.74, 6) is 0.213. The number of allylic oxidation sites excluding steroid dienone is 1. The van der Waals surface area contributed by atoms with Gasteiger partial charge in [-0.15, -0.1) is 10.2 Å². The van der Waals surface area contributed by atoms with Crippen LogP contribution < -0.4 is 5.32 Å². The Morgan fingerprint density at radius 1 is 1.11 bits per heavy atom. The lowest BCUT2D eigenvalue weighted by atomic mass is 9.97. The number of hydrogen-bond acceptors (Lipinski definition) is 6. The fourth-order valence-corrected chi connectivity index (χ4v) is 6.12. The van der Waals surface area contributed by atoms with Gasteiger partial charge in [0.25, 0.3) is 0 Å². The molecular weight excluding hydrogens is 394 g/mol. The maximum atomic E-state index is 12.6. The monoisotopic (exact) mass is 423 g/mol. The lowest BCUT2D eigenvalue weighted by Gasteiger charge is -2.20. The summed E-state index contributed by atoms with van der Waals surface area (Å²) < 4.78 is 25.3. The molecule has 0 bridgehead atoms. The zero-order valence-corrected chi connectivity index (χ0v) is 17.9. The number of aromatic nitrogens is 2. The van der Waals surface area contributed by atoms with E-state index in [1.54, 1.807) is 6.07 Å². The van der Waals surface area contributed by atoms with Gasteiger partial charge in [0.05, 0.1) is 11.0 Å². The average Bonchev–Trinajstić information content (AvgIpc) is 2.74. The lowest BCUT2D eigenvalue weighted by Crippen LogP contribution is -2.26. The fourth-order valence-electron chi connectivity index (χ4n) is 3.77. The largest absolute Gasteiger partial charge is 0.355 e. The Bertz CT molecular complexity index is 785. The number of sulfone groups is 1. The molecule has 1 aromatic rings. The molecule has 0 aliphatic heterocycles. The number of rotatable bonds is 8. The molecule has 1 fully saturated rings. The Kier molecular flexibility index (Phi) is 7.91. The second kappa shape index (κ2) is 10.4. The third-order valence-corrected chi connectivity index (χ3v) is 8.47. The number of hydrogen-bond donors (Lipinski definition) is 1. The molecule has 0 unspecified atom stereocenters. The molecule has 1 N–H and O–H groups in total. The summed E-state index contributed by atoms with van der Waals surface area (Å²) in [6.45, 7) is 0.662. The van der Waals surface area contributed by atoms with Crippen LogP contribution in [0.4, 0.5) is 0 Å². The van der Waals surface area contributed by atoms with Gasteiger partial charge < -0.3 is 5.32 Å². The van der Waals surface area contributed by atoms with Crippen LogP contribution in [-0.2, 0) is 14.6 Å². The molecule has 3 rings (SSSR count). The van der Waals surface area contributed by atoms with Crippen LogP contribution in [0, 0.1) is 0 Å². The van der Waals surface area contributed by atoms with Gasteiger partial charge in [0, 0.05) is 6.54 Å². The molecule has 1 aromatic heterocycles. The Morgan fingerprint density at radius 3 is 2.61 bits per heavy atom. The SMILES string of the molecule is O=C(CSc1ccc(S(=O)(=O)C2CCCCC2)nn1)NCCC1=CCCCC1. The van der Waals surface area contributed by atoms with Gasteiger partial charge in [0.15, 0.2) is 14.9 Å². The van der Waals surface area contributed by atoms with Gasteiger partial charge in [-0.2, -0.15) is 0 Å². The second-order valence-electron chi connectivity index (χ2n) is 7.51. The smallest absolute Gasteiger partial charge is 0.230 e. The molecule has 1 saturated carbocycles. The minimum Gasteiger partial charge on any atom is -0.355 e. The van der Waals surface area contributed by atoms with Crippen molar-refractivity contribution in [1.82, 2.24) is 15.5 Å². The van der Waals surface area contributed by atoms with Crippen molar-refractivity contribution in [2.45, 2.75) is 79.5 Å². The molecule has 28 heavy (non-hydrogen) atoms. The number of carbonyl (C=O) groups excluding carboxylic acids is 1. The fraction of sp³-hybridized carbons (Fsp3) is 0.650. The molecule has 6 nitrogen and oxygen atoms in total. The highest BCUT2D eigenvalue weighted by Crippen LogP contribution is 2.28. The molecule has 1 heterocycles. The van der Waals surface area contributed by atoms with Crippen LogP contribution >= 0.6 is 11.8 Å². The van der Waals surface area contributed by atoms with E-state index in [0.717, 1.165) is 38.5 Å². The summed E-state index contributed by atoms with van der Waals surface area (Å²) in [5, 5.41) is 11.2. The maximum Gasteiger partial charge on any atom is 0.230 e. The molecular formula is C20H29N3O3S2. The number of nitrogens with one attached hydrogen (secondary N) is 1. The third-order valence-electron chi connectivity index (χ3n) is 5.40. The zero-order valence-electron chi connectivity index (χ0n) is 16.2. The van der Waals surface area contributed by atoms with E-state index in [0.29, 0.717) is 24.4 Å². The van der Waals surface area contributed by atoms with Crippen molar-refractivity contribution in [3.63, 3.8) is 0 Å². The van der Waals surface area contributed by atoms with Crippen molar-refractivity contribution < 1.29 is 13.2 Å². The molecule has 154 valence electrons. The van der Waals surface area contributed by atoms with Crippen LogP contribution in [0.3, 0.4) is 0 Å². The summed E-state index contributed by atoms with van der Waals surface area (Å²) in [6.07, 6.45) is 12.5. The predicted octanol–water partition coefficient (Wildman–Crippen LogP) is 3.68. The minimum absolute atomic E-state index is 0.0397. The summed E-state index contributed by atoms with van der Waals surface area (Å²) in [6, 6.07) is 3.17. The normalized spacial score (nSPS) is 18.5. The van der Waals surface area contributed by atoms with E-state index in [4.69, 9.17) is 0 Å². The number of carbonyl (C=O) groups is 1. The van der Waals surface area contributed by atoms with Gasteiger partial charge in [-0.1, -0.05) is 42.7 Å². The van der Waals surface area contributed by atoms with Crippen molar-refractivity contribution in [3.8, 4) is 0 Å². The first kappa shape index (κ1) is 21.3. The standard InChI is InChI=1S/C20H29N3O3S2/c24-18(21-14-13-16-7-3-1-4-8-16)15-27-19-11-12-20(23-22-19)28(25,26)17-9-5-2-6-10-17/h7,11-12,17H,1-6,8-10,13-15H2,(H,21,24). The first-order valence-corrected chi connectivity index (χ1v) is 12.7. The predicted molar refractivity (Wildman–Crippen MR) is 111 cm³/mol. The van der Waals surface area contributed by atoms with Crippen molar-refractivity contribution in [3.05, 3.63) is 23.8 Å². The summed E-state index contributed by atoms with van der Waals surface area (Å²) in [5.41, 5.74) is 1.44. The Labute approximate surface area is 171 Å². The van der Waals surface area contributed by atoms with Crippen LogP contribution in [0.1, 0.15) is 64.2 Å². The maximum absolute atomic E-state index is 12.6. The molecule has 0 radical (unpaired) electrons. The van der Waals surface area contributed by atoms with E-state index in [2.05, 4.69) is 21.6 Å². The average molecular weight is 424 g/mol. The summed E-state index contributed by atoms with van der Waals surface area (Å²) >= 11 is 1.27. The van der Waals surface area contributed by atoms with Crippen molar-refractivity contribution in [2.24, 2.45) is 0 Å². The van der Waals surface area contributed by atoms with Crippen molar-refractivity contribution in [1.29, 1.82) is 0 Å². The van der Waals surface area contributed by atoms with E-state index in [-0.39, 0.29) is 21.9 Å². The molecule has 0 spiro atoms. The van der Waals surface area contributed by atoms with Gasteiger partial charge in [0.1, 0.15) is 5.03 Å². The highest BCUT2D eigenvalue weighted by atomic mass is 32.2. The highest BCUT2D eigenvalue weighted by molar-refractivity contribution is 7.99. The van der Waals surface area contributed by atoms with Crippen LogP contribution in [0.25, 0.3) is 0 Å². The Hall–Kier alpha value is -1.41. The molecule has 2 aliphatic carbocycles. The van der Waals surface area contributed by atoms with Gasteiger partial charge in [-0.25, -0.2) is 8.42 Å². The Balaban J connectivity index is 1.43. The van der Waals surface area contributed by atoms with Gasteiger partial charge >= 0.3 is 0 Å². The molecule has 2 aliphatic rings. The van der Waals surface area contributed by atoms with Gasteiger partial charge in [0.2, 0.25) is 5.91 Å². The topological polar surface area (TPSA) is 89.0 Å². The van der Waals surface area contributed by atoms with E-state index in [1.807, 2.05) is 0 Å². The Morgan fingerprint density at radius 2 is 1.93 bits per heavy atom. The molecule has 8 heteroatoms. The first-order chi connectivity index (χ1) is 13.6. The van der Waals surface area contributed by atoms with Crippen LogP contribution in [0.2, 0.25) is 0 Å². The first-order valence-electron chi connectivity index (χ1n) is 10.2. The zero-order chi connectivity index (χ0) is 19.8. The number of thioether (sulfide) groups is 1. The summed E-state index contributed by atoms with van der Waals surface area (Å²) in [7, 11) is -3.40. The lowest BCUT2D eigenvalue weighted by molar-refractivity contribution is -0.118. The molecule has 0 aromatic carbocycles.